The summed E-state index contributed by atoms with van der Waals surface area (Å²) in [6.45, 7) is 7.87. The van der Waals surface area contributed by atoms with E-state index in [1.807, 2.05) is 12.1 Å². The number of piperazine rings is 1. The smallest absolute Gasteiger partial charge is 0.117 e. The Hall–Kier alpha value is -2.00. The first-order chi connectivity index (χ1) is 11.6. The van der Waals surface area contributed by atoms with E-state index in [2.05, 4.69) is 60.0 Å². The van der Waals surface area contributed by atoms with Crippen molar-refractivity contribution < 1.29 is 5.11 Å². The second-order valence-corrected chi connectivity index (χ2v) is 6.97. The summed E-state index contributed by atoms with van der Waals surface area (Å²) in [5.74, 6) is 0.345. The van der Waals surface area contributed by atoms with Crippen molar-refractivity contribution in [2.24, 2.45) is 0 Å². The van der Waals surface area contributed by atoms with Crippen LogP contribution in [0.1, 0.15) is 25.8 Å². The molecule has 1 N–H and O–H groups in total. The molecule has 24 heavy (non-hydrogen) atoms. The van der Waals surface area contributed by atoms with Crippen molar-refractivity contribution in [3.8, 4) is 5.75 Å². The summed E-state index contributed by atoms with van der Waals surface area (Å²) >= 11 is 0. The fourth-order valence-corrected chi connectivity index (χ4v) is 3.93. The summed E-state index contributed by atoms with van der Waals surface area (Å²) in [5.41, 5.74) is 2.55. The zero-order chi connectivity index (χ0) is 16.9. The van der Waals surface area contributed by atoms with E-state index in [0.29, 0.717) is 17.8 Å². The van der Waals surface area contributed by atoms with Crippen molar-refractivity contribution in [1.29, 1.82) is 0 Å². The van der Waals surface area contributed by atoms with Crippen LogP contribution in [-0.2, 0) is 6.42 Å². The zero-order valence-electron chi connectivity index (χ0n) is 14.7. The van der Waals surface area contributed by atoms with Crippen molar-refractivity contribution in [2.45, 2.75) is 38.8 Å². The van der Waals surface area contributed by atoms with E-state index in [-0.39, 0.29) is 0 Å². The fourth-order valence-electron chi connectivity index (χ4n) is 3.93. The molecule has 3 heteroatoms. The van der Waals surface area contributed by atoms with E-state index in [0.717, 1.165) is 31.7 Å². The normalized spacial score (nSPS) is 21.8. The number of hydrogen-bond donors (Lipinski definition) is 1. The Balaban J connectivity index is 1.55. The summed E-state index contributed by atoms with van der Waals surface area (Å²) in [6.07, 6.45) is 2.35. The maximum atomic E-state index is 9.76. The molecule has 1 heterocycles. The molecule has 1 aliphatic rings. The maximum absolute atomic E-state index is 9.76. The average molecular weight is 324 g/mol. The number of aromatic hydroxyl groups is 1. The number of phenolic OH excluding ortho intramolecular Hbond substituents is 1. The Morgan fingerprint density at radius 1 is 0.958 bits per heavy atom. The Kier molecular flexibility index (Phi) is 5.41. The van der Waals surface area contributed by atoms with Gasteiger partial charge >= 0.3 is 0 Å². The molecule has 0 aromatic heterocycles. The molecule has 1 aliphatic heterocycles. The lowest BCUT2D eigenvalue weighted by Crippen LogP contribution is -2.57. The van der Waals surface area contributed by atoms with Crippen LogP contribution in [0.4, 0.5) is 5.69 Å². The third kappa shape index (κ3) is 4.09. The van der Waals surface area contributed by atoms with Crippen molar-refractivity contribution in [1.82, 2.24) is 4.90 Å². The predicted molar refractivity (Wildman–Crippen MR) is 101 cm³/mol. The van der Waals surface area contributed by atoms with E-state index < -0.39 is 0 Å². The van der Waals surface area contributed by atoms with Crippen molar-refractivity contribution in [2.75, 3.05) is 24.5 Å². The number of hydrogen-bond acceptors (Lipinski definition) is 3. The molecule has 0 aliphatic carbocycles. The summed E-state index contributed by atoms with van der Waals surface area (Å²) in [6, 6.07) is 19.3. The molecule has 2 atom stereocenters. The van der Waals surface area contributed by atoms with Crippen LogP contribution in [-0.4, -0.2) is 41.7 Å². The van der Waals surface area contributed by atoms with Gasteiger partial charge in [0.1, 0.15) is 5.75 Å². The molecular weight excluding hydrogens is 296 g/mol. The lowest BCUT2D eigenvalue weighted by Gasteiger charge is -2.46. The number of benzene rings is 2. The molecule has 0 unspecified atom stereocenters. The minimum atomic E-state index is 0.345. The highest BCUT2D eigenvalue weighted by Crippen LogP contribution is 2.27. The largest absolute Gasteiger partial charge is 0.508 e. The Bertz CT molecular complexity index is 631. The molecule has 128 valence electrons. The van der Waals surface area contributed by atoms with Gasteiger partial charge in [-0.1, -0.05) is 36.4 Å². The molecule has 3 rings (SSSR count). The minimum absolute atomic E-state index is 0.345. The van der Waals surface area contributed by atoms with Gasteiger partial charge in [-0.25, -0.2) is 0 Å². The number of phenols is 1. The van der Waals surface area contributed by atoms with Gasteiger partial charge in [0.15, 0.2) is 0 Å². The molecule has 2 aromatic rings. The van der Waals surface area contributed by atoms with E-state index in [1.54, 1.807) is 6.07 Å². The first-order valence-corrected chi connectivity index (χ1v) is 8.97. The summed E-state index contributed by atoms with van der Waals surface area (Å²) in [5, 5.41) is 9.76. The molecule has 0 spiro atoms. The lowest BCUT2D eigenvalue weighted by molar-refractivity contribution is 0.198. The second-order valence-electron chi connectivity index (χ2n) is 6.97. The van der Waals surface area contributed by atoms with Gasteiger partial charge in [0.25, 0.3) is 0 Å². The first kappa shape index (κ1) is 16.8. The van der Waals surface area contributed by atoms with Crippen LogP contribution in [0.3, 0.4) is 0 Å². The van der Waals surface area contributed by atoms with Gasteiger partial charge in [-0.3, -0.25) is 4.90 Å². The quantitative estimate of drug-likeness (QED) is 0.903. The van der Waals surface area contributed by atoms with Crippen LogP contribution in [0.5, 0.6) is 5.75 Å². The van der Waals surface area contributed by atoms with Crippen molar-refractivity contribution in [3.63, 3.8) is 0 Å². The fraction of sp³-hybridized carbons (Fsp3) is 0.429. The standard InChI is InChI=1S/C21H28N2O/c1-17-15-22(13-7-10-19-8-4-3-5-9-19)16-18(2)23(17)20-11-6-12-21(24)14-20/h3-6,8-9,11-12,14,17-18,24H,7,10,13,15-16H2,1-2H3/t17-,18+. The van der Waals surface area contributed by atoms with Crippen LogP contribution in [0.25, 0.3) is 0 Å². The monoisotopic (exact) mass is 324 g/mol. The van der Waals surface area contributed by atoms with Crippen LogP contribution in [0.15, 0.2) is 54.6 Å². The third-order valence-electron chi connectivity index (χ3n) is 4.91. The average Bonchev–Trinajstić information content (AvgIpc) is 2.55. The topological polar surface area (TPSA) is 26.7 Å². The Morgan fingerprint density at radius 2 is 1.67 bits per heavy atom. The third-order valence-corrected chi connectivity index (χ3v) is 4.91. The number of nitrogens with zero attached hydrogens (tertiary/aromatic N) is 2. The Morgan fingerprint density at radius 3 is 2.33 bits per heavy atom. The lowest BCUT2D eigenvalue weighted by atomic mass is 10.0. The number of rotatable bonds is 5. The molecule has 1 saturated heterocycles. The van der Waals surface area contributed by atoms with Crippen LogP contribution < -0.4 is 4.90 Å². The summed E-state index contributed by atoms with van der Waals surface area (Å²) in [4.78, 5) is 5.02. The molecule has 0 saturated carbocycles. The predicted octanol–water partition coefficient (Wildman–Crippen LogP) is 3.92. The van der Waals surface area contributed by atoms with Gasteiger partial charge in [0, 0.05) is 36.9 Å². The Labute approximate surface area is 145 Å². The highest BCUT2D eigenvalue weighted by Gasteiger charge is 2.29. The molecule has 1 fully saturated rings. The molecule has 0 bridgehead atoms. The molecule has 3 nitrogen and oxygen atoms in total. The molecule has 0 radical (unpaired) electrons. The first-order valence-electron chi connectivity index (χ1n) is 8.97. The van der Waals surface area contributed by atoms with Crippen LogP contribution in [0, 0.1) is 0 Å². The van der Waals surface area contributed by atoms with Gasteiger partial charge in [-0.05, 0) is 50.9 Å². The SMILES string of the molecule is C[C@@H]1CN(CCCc2ccccc2)C[C@H](C)N1c1cccc(O)c1. The minimum Gasteiger partial charge on any atom is -0.508 e. The summed E-state index contributed by atoms with van der Waals surface area (Å²) < 4.78 is 0. The number of anilines is 1. The van der Waals surface area contributed by atoms with Gasteiger partial charge in [-0.2, -0.15) is 0 Å². The van der Waals surface area contributed by atoms with E-state index in [1.165, 1.54) is 12.0 Å². The van der Waals surface area contributed by atoms with Crippen molar-refractivity contribution in [3.05, 3.63) is 60.2 Å². The summed E-state index contributed by atoms with van der Waals surface area (Å²) in [7, 11) is 0. The van der Waals surface area contributed by atoms with Gasteiger partial charge < -0.3 is 10.0 Å². The molecule has 0 amide bonds. The second kappa shape index (κ2) is 7.71. The van der Waals surface area contributed by atoms with E-state index >= 15 is 0 Å². The van der Waals surface area contributed by atoms with Gasteiger partial charge in [0.2, 0.25) is 0 Å². The maximum Gasteiger partial charge on any atom is 0.117 e. The van der Waals surface area contributed by atoms with Crippen LogP contribution in [0.2, 0.25) is 0 Å². The van der Waals surface area contributed by atoms with Gasteiger partial charge in [0.05, 0.1) is 0 Å². The van der Waals surface area contributed by atoms with Crippen LogP contribution >= 0.6 is 0 Å². The van der Waals surface area contributed by atoms with Crippen molar-refractivity contribution >= 4 is 5.69 Å². The zero-order valence-corrected chi connectivity index (χ0v) is 14.7. The molecule has 2 aromatic carbocycles. The van der Waals surface area contributed by atoms with E-state index in [9.17, 15) is 5.11 Å². The van der Waals surface area contributed by atoms with E-state index in [4.69, 9.17) is 0 Å². The highest BCUT2D eigenvalue weighted by molar-refractivity contribution is 5.52. The highest BCUT2D eigenvalue weighted by atomic mass is 16.3. The van der Waals surface area contributed by atoms with Gasteiger partial charge in [-0.15, -0.1) is 0 Å². The number of aryl methyl sites for hydroxylation is 1. The molecular formula is C21H28N2O.